The van der Waals surface area contributed by atoms with Crippen LogP contribution in [0.4, 0.5) is 5.69 Å². The molecule has 0 aliphatic rings. The van der Waals surface area contributed by atoms with Gasteiger partial charge in [0.25, 0.3) is 0 Å². The quantitative estimate of drug-likeness (QED) is 0.731. The Bertz CT molecular complexity index is 486. The minimum atomic E-state index is -3.47. The second-order valence-corrected chi connectivity index (χ2v) is 6.46. The van der Waals surface area contributed by atoms with Gasteiger partial charge >= 0.3 is 0 Å². The normalized spacial score (nSPS) is 11.8. The van der Waals surface area contributed by atoms with Crippen LogP contribution in [0.15, 0.2) is 29.2 Å². The molecule has 5 nitrogen and oxygen atoms in total. The van der Waals surface area contributed by atoms with Crippen molar-refractivity contribution in [3.05, 3.63) is 24.3 Å². The van der Waals surface area contributed by atoms with E-state index in [1.165, 1.54) is 4.31 Å². The molecule has 0 fully saturated rings. The van der Waals surface area contributed by atoms with Gasteiger partial charge in [-0.15, -0.1) is 0 Å². The molecule has 0 unspecified atom stereocenters. The third kappa shape index (κ3) is 4.47. The van der Waals surface area contributed by atoms with Gasteiger partial charge in [0, 0.05) is 31.9 Å². The van der Waals surface area contributed by atoms with E-state index in [4.69, 9.17) is 5.11 Å². The van der Waals surface area contributed by atoms with E-state index in [1.807, 2.05) is 0 Å². The summed E-state index contributed by atoms with van der Waals surface area (Å²) in [4.78, 5) is 0.291. The number of aliphatic hydroxyl groups is 1. The fourth-order valence-corrected chi connectivity index (χ4v) is 3.35. The Morgan fingerprint density at radius 3 is 2.35 bits per heavy atom. The average molecular weight is 300 g/mol. The SMILES string of the molecule is CCCNc1ccc(S(=O)(=O)N(CC)CCCO)cc1. The number of anilines is 1. The van der Waals surface area contributed by atoms with Gasteiger partial charge in [-0.25, -0.2) is 8.42 Å². The number of benzene rings is 1. The van der Waals surface area contributed by atoms with Crippen molar-refractivity contribution in [1.82, 2.24) is 4.31 Å². The maximum Gasteiger partial charge on any atom is 0.243 e. The summed E-state index contributed by atoms with van der Waals surface area (Å²) in [5, 5.41) is 12.0. The molecule has 0 saturated carbocycles. The first-order valence-electron chi connectivity index (χ1n) is 7.01. The van der Waals surface area contributed by atoms with Crippen molar-refractivity contribution in [2.24, 2.45) is 0 Å². The van der Waals surface area contributed by atoms with Gasteiger partial charge in [-0.05, 0) is 37.1 Å². The highest BCUT2D eigenvalue weighted by molar-refractivity contribution is 7.89. The van der Waals surface area contributed by atoms with Gasteiger partial charge in [0.15, 0.2) is 0 Å². The molecule has 1 aromatic rings. The van der Waals surface area contributed by atoms with Crippen LogP contribution in [-0.4, -0.2) is 44.1 Å². The second kappa shape index (κ2) is 8.24. The number of nitrogens with one attached hydrogen (secondary N) is 1. The zero-order chi connectivity index (χ0) is 15.0. The lowest BCUT2D eigenvalue weighted by Gasteiger charge is -2.20. The first-order valence-corrected chi connectivity index (χ1v) is 8.45. The summed E-state index contributed by atoms with van der Waals surface area (Å²) >= 11 is 0. The summed E-state index contributed by atoms with van der Waals surface area (Å²) in [5.74, 6) is 0. The van der Waals surface area contributed by atoms with Crippen LogP contribution in [-0.2, 0) is 10.0 Å². The van der Waals surface area contributed by atoms with Gasteiger partial charge < -0.3 is 10.4 Å². The third-order valence-corrected chi connectivity index (χ3v) is 4.98. The summed E-state index contributed by atoms with van der Waals surface area (Å²) in [6.45, 7) is 5.47. The molecule has 20 heavy (non-hydrogen) atoms. The van der Waals surface area contributed by atoms with E-state index in [2.05, 4.69) is 12.2 Å². The highest BCUT2D eigenvalue weighted by atomic mass is 32.2. The Kier molecular flexibility index (Phi) is 6.98. The number of sulfonamides is 1. The first kappa shape index (κ1) is 16.9. The lowest BCUT2D eigenvalue weighted by atomic mass is 10.3. The van der Waals surface area contributed by atoms with E-state index in [9.17, 15) is 8.42 Å². The van der Waals surface area contributed by atoms with Crippen LogP contribution >= 0.6 is 0 Å². The molecule has 114 valence electrons. The molecular formula is C14H24N2O3S. The number of aliphatic hydroxyl groups excluding tert-OH is 1. The predicted molar refractivity (Wildman–Crippen MR) is 81.4 cm³/mol. The second-order valence-electron chi connectivity index (χ2n) is 4.53. The Labute approximate surface area is 121 Å². The lowest BCUT2D eigenvalue weighted by molar-refractivity contribution is 0.271. The molecule has 1 rings (SSSR count). The van der Waals surface area contributed by atoms with Crippen molar-refractivity contribution < 1.29 is 13.5 Å². The van der Waals surface area contributed by atoms with Crippen molar-refractivity contribution in [2.75, 3.05) is 31.6 Å². The third-order valence-electron chi connectivity index (χ3n) is 2.99. The van der Waals surface area contributed by atoms with E-state index in [0.29, 0.717) is 24.4 Å². The molecule has 0 aromatic heterocycles. The summed E-state index contributed by atoms with van der Waals surface area (Å²) in [7, 11) is -3.47. The molecule has 6 heteroatoms. The molecular weight excluding hydrogens is 276 g/mol. The Morgan fingerprint density at radius 1 is 1.20 bits per heavy atom. The van der Waals surface area contributed by atoms with Crippen molar-refractivity contribution in [3.8, 4) is 0 Å². The largest absolute Gasteiger partial charge is 0.396 e. The van der Waals surface area contributed by atoms with Crippen LogP contribution in [0.5, 0.6) is 0 Å². The number of rotatable bonds is 9. The van der Waals surface area contributed by atoms with Crippen molar-refractivity contribution >= 4 is 15.7 Å². The zero-order valence-corrected chi connectivity index (χ0v) is 13.0. The highest BCUT2D eigenvalue weighted by Crippen LogP contribution is 2.18. The number of nitrogens with zero attached hydrogens (tertiary/aromatic N) is 1. The van der Waals surface area contributed by atoms with Gasteiger partial charge in [0.1, 0.15) is 0 Å². The smallest absolute Gasteiger partial charge is 0.243 e. The molecule has 0 aliphatic carbocycles. The molecule has 0 spiro atoms. The average Bonchev–Trinajstić information content (AvgIpc) is 2.46. The standard InChI is InChI=1S/C14H24N2O3S/c1-3-10-15-13-6-8-14(9-7-13)20(18,19)16(4-2)11-5-12-17/h6-9,15,17H,3-5,10-12H2,1-2H3. The highest BCUT2D eigenvalue weighted by Gasteiger charge is 2.22. The molecule has 2 N–H and O–H groups in total. The Morgan fingerprint density at radius 2 is 1.85 bits per heavy atom. The number of hydrogen-bond acceptors (Lipinski definition) is 4. The molecule has 0 heterocycles. The molecule has 1 aromatic carbocycles. The van der Waals surface area contributed by atoms with Crippen LogP contribution in [0.25, 0.3) is 0 Å². The first-order chi connectivity index (χ1) is 9.56. The molecule has 0 saturated heterocycles. The Balaban J connectivity index is 2.85. The maximum atomic E-state index is 12.4. The molecule has 0 atom stereocenters. The van der Waals surface area contributed by atoms with Crippen molar-refractivity contribution in [3.63, 3.8) is 0 Å². The van der Waals surface area contributed by atoms with E-state index in [-0.39, 0.29) is 6.61 Å². The Hall–Kier alpha value is -1.11. The van der Waals surface area contributed by atoms with E-state index >= 15 is 0 Å². The lowest BCUT2D eigenvalue weighted by Crippen LogP contribution is -2.32. The van der Waals surface area contributed by atoms with Crippen LogP contribution in [0.1, 0.15) is 26.7 Å². The summed E-state index contributed by atoms with van der Waals surface area (Å²) in [5.41, 5.74) is 0.921. The van der Waals surface area contributed by atoms with E-state index < -0.39 is 10.0 Å². The number of hydrogen-bond donors (Lipinski definition) is 2. The van der Waals surface area contributed by atoms with Gasteiger partial charge in [-0.1, -0.05) is 13.8 Å². The van der Waals surface area contributed by atoms with Gasteiger partial charge in [-0.3, -0.25) is 0 Å². The molecule has 0 amide bonds. The summed E-state index contributed by atoms with van der Waals surface area (Å²) < 4.78 is 26.2. The van der Waals surface area contributed by atoms with Crippen LogP contribution in [0.3, 0.4) is 0 Å². The van der Waals surface area contributed by atoms with E-state index in [1.54, 1.807) is 31.2 Å². The van der Waals surface area contributed by atoms with Crippen LogP contribution in [0, 0.1) is 0 Å². The van der Waals surface area contributed by atoms with Gasteiger partial charge in [0.2, 0.25) is 10.0 Å². The minimum Gasteiger partial charge on any atom is -0.396 e. The minimum absolute atomic E-state index is 0.00804. The van der Waals surface area contributed by atoms with Crippen molar-refractivity contribution in [1.29, 1.82) is 0 Å². The van der Waals surface area contributed by atoms with Gasteiger partial charge in [0.05, 0.1) is 4.90 Å². The van der Waals surface area contributed by atoms with Crippen molar-refractivity contribution in [2.45, 2.75) is 31.6 Å². The van der Waals surface area contributed by atoms with Crippen LogP contribution in [0.2, 0.25) is 0 Å². The van der Waals surface area contributed by atoms with Gasteiger partial charge in [-0.2, -0.15) is 4.31 Å². The maximum absolute atomic E-state index is 12.4. The fourth-order valence-electron chi connectivity index (χ4n) is 1.86. The predicted octanol–water partition coefficient (Wildman–Crippen LogP) is 1.90. The molecule has 0 bridgehead atoms. The zero-order valence-electron chi connectivity index (χ0n) is 12.2. The molecule has 0 aliphatic heterocycles. The fraction of sp³-hybridized carbons (Fsp3) is 0.571. The van der Waals surface area contributed by atoms with Crippen LogP contribution < -0.4 is 5.32 Å². The van der Waals surface area contributed by atoms with E-state index in [0.717, 1.165) is 18.7 Å². The monoisotopic (exact) mass is 300 g/mol. The summed E-state index contributed by atoms with van der Waals surface area (Å²) in [6.07, 6.45) is 1.47. The molecule has 0 radical (unpaired) electrons. The topological polar surface area (TPSA) is 69.6 Å². The summed E-state index contributed by atoms with van der Waals surface area (Å²) in [6, 6.07) is 6.80.